The number of esters is 1. The molecule has 2 aromatic rings. The summed E-state index contributed by atoms with van der Waals surface area (Å²) in [6.07, 6.45) is 8.61. The Bertz CT molecular complexity index is 769. The van der Waals surface area contributed by atoms with Gasteiger partial charge in [0.25, 0.3) is 5.91 Å². The van der Waals surface area contributed by atoms with Crippen molar-refractivity contribution in [3.63, 3.8) is 0 Å². The highest BCUT2D eigenvalue weighted by Crippen LogP contribution is 2.18. The van der Waals surface area contributed by atoms with Crippen LogP contribution in [0.5, 0.6) is 0 Å². The Morgan fingerprint density at radius 2 is 1.81 bits per heavy atom. The monoisotopic (exact) mass is 368 g/mol. The number of amides is 1. The first kappa shape index (κ1) is 18.8. The second kappa shape index (κ2) is 9.12. The van der Waals surface area contributed by atoms with Crippen LogP contribution < -0.4 is 10.6 Å². The van der Waals surface area contributed by atoms with E-state index in [1.54, 1.807) is 31.2 Å². The lowest BCUT2D eigenvalue weighted by atomic mass is 9.95. The molecule has 0 atom stereocenters. The molecule has 3 rings (SSSR count). The van der Waals surface area contributed by atoms with Gasteiger partial charge in [0, 0.05) is 11.7 Å². The summed E-state index contributed by atoms with van der Waals surface area (Å²) in [5, 5.41) is 6.12. The molecule has 1 saturated carbocycles. The van der Waals surface area contributed by atoms with Gasteiger partial charge in [-0.1, -0.05) is 19.3 Å². The Morgan fingerprint density at radius 3 is 2.44 bits per heavy atom. The number of ether oxygens (including phenoxy) is 1. The van der Waals surface area contributed by atoms with Crippen molar-refractivity contribution in [2.24, 2.45) is 0 Å². The molecular formula is C20H24N4O3. The zero-order chi connectivity index (χ0) is 19.1. The number of nitrogens with zero attached hydrogens (tertiary/aromatic N) is 2. The molecule has 1 aliphatic rings. The number of anilines is 2. The lowest BCUT2D eigenvalue weighted by Gasteiger charge is -2.22. The van der Waals surface area contributed by atoms with Crippen molar-refractivity contribution < 1.29 is 14.3 Å². The first-order valence-electron chi connectivity index (χ1n) is 9.33. The number of aromatic nitrogens is 2. The van der Waals surface area contributed by atoms with Gasteiger partial charge in [0.15, 0.2) is 0 Å². The zero-order valence-electron chi connectivity index (χ0n) is 15.4. The number of rotatable bonds is 6. The highest BCUT2D eigenvalue weighted by Gasteiger charge is 2.17. The molecule has 1 fully saturated rings. The zero-order valence-corrected chi connectivity index (χ0v) is 15.4. The Kier molecular flexibility index (Phi) is 6.35. The van der Waals surface area contributed by atoms with Crippen LogP contribution in [0.25, 0.3) is 0 Å². The van der Waals surface area contributed by atoms with Crippen molar-refractivity contribution in [1.29, 1.82) is 0 Å². The predicted octanol–water partition coefficient (Wildman–Crippen LogP) is 3.46. The van der Waals surface area contributed by atoms with Crippen LogP contribution in [0.15, 0.2) is 36.7 Å². The fourth-order valence-electron chi connectivity index (χ4n) is 3.07. The SMILES string of the molecule is CCOC(=O)c1ccc(Nc2cnc(C(=O)NC3CCCCC3)cn2)cc1. The van der Waals surface area contributed by atoms with E-state index in [4.69, 9.17) is 4.74 Å². The van der Waals surface area contributed by atoms with Crippen molar-refractivity contribution >= 4 is 23.4 Å². The van der Waals surface area contributed by atoms with Crippen LogP contribution in [0.3, 0.4) is 0 Å². The Morgan fingerprint density at radius 1 is 1.07 bits per heavy atom. The molecule has 142 valence electrons. The van der Waals surface area contributed by atoms with E-state index in [-0.39, 0.29) is 17.9 Å². The van der Waals surface area contributed by atoms with E-state index in [1.165, 1.54) is 18.8 Å². The number of hydrogen-bond donors (Lipinski definition) is 2. The molecule has 27 heavy (non-hydrogen) atoms. The molecule has 0 radical (unpaired) electrons. The molecule has 1 amide bonds. The number of hydrogen-bond acceptors (Lipinski definition) is 6. The Hall–Kier alpha value is -2.96. The molecule has 1 heterocycles. The topological polar surface area (TPSA) is 93.2 Å². The van der Waals surface area contributed by atoms with Crippen molar-refractivity contribution in [3.8, 4) is 0 Å². The summed E-state index contributed by atoms with van der Waals surface area (Å²) in [5.74, 6) is -0.00925. The highest BCUT2D eigenvalue weighted by molar-refractivity contribution is 5.92. The van der Waals surface area contributed by atoms with Gasteiger partial charge in [0.1, 0.15) is 11.5 Å². The first-order chi connectivity index (χ1) is 13.2. The molecule has 2 N–H and O–H groups in total. The van der Waals surface area contributed by atoms with E-state index in [0.29, 0.717) is 23.7 Å². The minimum Gasteiger partial charge on any atom is -0.462 e. The van der Waals surface area contributed by atoms with Gasteiger partial charge in [-0.25, -0.2) is 14.8 Å². The molecule has 7 nitrogen and oxygen atoms in total. The molecule has 1 aromatic heterocycles. The molecule has 0 aliphatic heterocycles. The Labute approximate surface area is 158 Å². The molecular weight excluding hydrogens is 344 g/mol. The third-order valence-electron chi connectivity index (χ3n) is 4.49. The number of carbonyl (C=O) groups excluding carboxylic acids is 2. The molecule has 0 saturated heterocycles. The van der Waals surface area contributed by atoms with E-state index >= 15 is 0 Å². The summed E-state index contributed by atoms with van der Waals surface area (Å²) >= 11 is 0. The van der Waals surface area contributed by atoms with Crippen molar-refractivity contribution in [2.45, 2.75) is 45.1 Å². The summed E-state index contributed by atoms with van der Waals surface area (Å²) in [4.78, 5) is 32.4. The quantitative estimate of drug-likeness (QED) is 0.759. The van der Waals surface area contributed by atoms with Gasteiger partial charge < -0.3 is 15.4 Å². The lowest BCUT2D eigenvalue weighted by molar-refractivity contribution is 0.0526. The van der Waals surface area contributed by atoms with E-state index < -0.39 is 0 Å². The second-order valence-corrected chi connectivity index (χ2v) is 6.52. The van der Waals surface area contributed by atoms with Gasteiger partial charge in [-0.3, -0.25) is 4.79 Å². The van der Waals surface area contributed by atoms with Gasteiger partial charge in [-0.2, -0.15) is 0 Å². The third kappa shape index (κ3) is 5.26. The summed E-state index contributed by atoms with van der Waals surface area (Å²) in [7, 11) is 0. The van der Waals surface area contributed by atoms with Crippen LogP contribution in [0.4, 0.5) is 11.5 Å². The van der Waals surface area contributed by atoms with Crippen LogP contribution >= 0.6 is 0 Å². The van der Waals surface area contributed by atoms with Gasteiger partial charge in [0.05, 0.1) is 24.6 Å². The van der Waals surface area contributed by atoms with Crippen molar-refractivity contribution in [1.82, 2.24) is 15.3 Å². The van der Waals surface area contributed by atoms with E-state index in [1.807, 2.05) is 0 Å². The Balaban J connectivity index is 1.57. The average molecular weight is 368 g/mol. The summed E-state index contributed by atoms with van der Waals surface area (Å²) < 4.78 is 4.96. The van der Waals surface area contributed by atoms with E-state index in [9.17, 15) is 9.59 Å². The van der Waals surface area contributed by atoms with Crippen LogP contribution in [-0.2, 0) is 4.74 Å². The largest absolute Gasteiger partial charge is 0.462 e. The van der Waals surface area contributed by atoms with E-state index in [2.05, 4.69) is 20.6 Å². The van der Waals surface area contributed by atoms with Crippen LogP contribution in [-0.4, -0.2) is 34.5 Å². The van der Waals surface area contributed by atoms with Crippen LogP contribution in [0.2, 0.25) is 0 Å². The second-order valence-electron chi connectivity index (χ2n) is 6.52. The fourth-order valence-corrected chi connectivity index (χ4v) is 3.07. The maximum atomic E-state index is 12.3. The van der Waals surface area contributed by atoms with Gasteiger partial charge in [0.2, 0.25) is 0 Å². The first-order valence-corrected chi connectivity index (χ1v) is 9.33. The van der Waals surface area contributed by atoms with Crippen LogP contribution in [0.1, 0.15) is 59.9 Å². The minimum absolute atomic E-state index is 0.181. The maximum absolute atomic E-state index is 12.3. The minimum atomic E-state index is -0.350. The normalized spacial score (nSPS) is 14.4. The maximum Gasteiger partial charge on any atom is 0.338 e. The third-order valence-corrected chi connectivity index (χ3v) is 4.49. The van der Waals surface area contributed by atoms with Crippen LogP contribution in [0, 0.1) is 0 Å². The number of benzene rings is 1. The summed E-state index contributed by atoms with van der Waals surface area (Å²) in [5.41, 5.74) is 1.56. The lowest BCUT2D eigenvalue weighted by Crippen LogP contribution is -2.36. The highest BCUT2D eigenvalue weighted by atomic mass is 16.5. The molecule has 1 aromatic carbocycles. The summed E-state index contributed by atoms with van der Waals surface area (Å²) in [6, 6.07) is 7.12. The molecule has 7 heteroatoms. The predicted molar refractivity (Wildman–Crippen MR) is 102 cm³/mol. The average Bonchev–Trinajstić information content (AvgIpc) is 2.70. The standard InChI is InChI=1S/C20H24N4O3/c1-2-27-20(26)14-8-10-16(11-9-14)23-18-13-21-17(12-22-18)19(25)24-15-6-4-3-5-7-15/h8-13,15H,2-7H2,1H3,(H,22,23)(H,24,25). The smallest absolute Gasteiger partial charge is 0.338 e. The van der Waals surface area contributed by atoms with E-state index in [0.717, 1.165) is 31.4 Å². The van der Waals surface area contributed by atoms with Gasteiger partial charge >= 0.3 is 5.97 Å². The molecule has 1 aliphatic carbocycles. The van der Waals surface area contributed by atoms with Crippen molar-refractivity contribution in [3.05, 3.63) is 47.9 Å². The number of carbonyl (C=O) groups is 2. The molecule has 0 spiro atoms. The number of nitrogens with one attached hydrogen (secondary N) is 2. The van der Waals surface area contributed by atoms with Crippen molar-refractivity contribution in [2.75, 3.05) is 11.9 Å². The van der Waals surface area contributed by atoms with Gasteiger partial charge in [-0.05, 0) is 44.0 Å². The molecule has 0 unspecified atom stereocenters. The summed E-state index contributed by atoms with van der Waals surface area (Å²) in [6.45, 7) is 2.11. The van der Waals surface area contributed by atoms with Gasteiger partial charge in [-0.15, -0.1) is 0 Å². The molecule has 0 bridgehead atoms. The fraction of sp³-hybridized carbons (Fsp3) is 0.400.